The molecule has 0 aliphatic carbocycles. The Morgan fingerprint density at radius 2 is 1.86 bits per heavy atom. The Kier molecular flexibility index (Phi) is 4.59. The van der Waals surface area contributed by atoms with Crippen molar-refractivity contribution in [2.45, 2.75) is 23.8 Å². The molecule has 0 saturated carbocycles. The molecule has 0 aliphatic rings. The monoisotopic (exact) mass is 302 g/mol. The van der Waals surface area contributed by atoms with Crippen molar-refractivity contribution in [1.82, 2.24) is 4.98 Å². The molecular weight excluding hydrogens is 288 g/mol. The van der Waals surface area contributed by atoms with Gasteiger partial charge in [-0.05, 0) is 43.3 Å². The smallest absolute Gasteiger partial charge is 0.335 e. The van der Waals surface area contributed by atoms with Crippen LogP contribution in [0.4, 0.5) is 5.69 Å². The Morgan fingerprint density at radius 3 is 2.43 bits per heavy atom. The molecule has 0 radical (unpaired) electrons. The average molecular weight is 302 g/mol. The van der Waals surface area contributed by atoms with E-state index in [1.807, 2.05) is 12.1 Å². The van der Waals surface area contributed by atoms with E-state index >= 15 is 0 Å². The fourth-order valence-electron chi connectivity index (χ4n) is 1.74. The molecule has 1 aromatic carbocycles. The van der Waals surface area contributed by atoms with Crippen LogP contribution >= 0.6 is 11.8 Å². The van der Waals surface area contributed by atoms with Gasteiger partial charge in [-0.15, -0.1) is 0 Å². The van der Waals surface area contributed by atoms with Gasteiger partial charge in [0.1, 0.15) is 5.03 Å². The minimum atomic E-state index is -0.969. The normalized spacial score (nSPS) is 10.2. The number of carbonyl (C=O) groups excluding carboxylic acids is 1. The number of hydrogen-bond acceptors (Lipinski definition) is 4. The summed E-state index contributed by atoms with van der Waals surface area (Å²) in [5, 5.41) is 12.4. The lowest BCUT2D eigenvalue weighted by atomic mass is 10.2. The van der Waals surface area contributed by atoms with E-state index in [1.165, 1.54) is 24.8 Å². The van der Waals surface area contributed by atoms with Crippen LogP contribution in [0, 0.1) is 6.92 Å². The number of pyridine rings is 1. The van der Waals surface area contributed by atoms with E-state index in [1.54, 1.807) is 25.1 Å². The average Bonchev–Trinajstić information content (AvgIpc) is 2.39. The Balaban J connectivity index is 2.18. The predicted molar refractivity (Wildman–Crippen MR) is 80.8 cm³/mol. The molecule has 1 amide bonds. The zero-order valence-electron chi connectivity index (χ0n) is 11.6. The number of carboxylic acid groups (broad SMARTS) is 1. The maximum atomic E-state index is 11.0. The molecule has 6 heteroatoms. The van der Waals surface area contributed by atoms with E-state index in [4.69, 9.17) is 5.11 Å². The number of anilines is 1. The third-order valence-electron chi connectivity index (χ3n) is 2.57. The second-order valence-corrected chi connectivity index (χ2v) is 5.54. The number of carboxylic acids is 1. The largest absolute Gasteiger partial charge is 0.478 e. The first kappa shape index (κ1) is 15.1. The summed E-state index contributed by atoms with van der Waals surface area (Å²) in [4.78, 5) is 27.2. The lowest BCUT2D eigenvalue weighted by Gasteiger charge is -2.06. The molecule has 1 heterocycles. The van der Waals surface area contributed by atoms with E-state index in [0.717, 1.165) is 10.6 Å². The number of nitrogens with one attached hydrogen (secondary N) is 1. The van der Waals surface area contributed by atoms with Crippen LogP contribution in [0.15, 0.2) is 46.3 Å². The van der Waals surface area contributed by atoms with Gasteiger partial charge in [0.15, 0.2) is 0 Å². The lowest BCUT2D eigenvalue weighted by Crippen LogP contribution is -2.05. The summed E-state index contributed by atoms with van der Waals surface area (Å²) >= 11 is 1.37. The minimum absolute atomic E-state index is 0.123. The Bertz CT molecular complexity index is 684. The van der Waals surface area contributed by atoms with Crippen LogP contribution in [0.2, 0.25) is 0 Å². The third-order valence-corrected chi connectivity index (χ3v) is 3.50. The first-order valence-corrected chi connectivity index (χ1v) is 7.03. The van der Waals surface area contributed by atoms with Gasteiger partial charge in [0.05, 0.1) is 5.56 Å². The topological polar surface area (TPSA) is 79.3 Å². The molecule has 0 unspecified atom stereocenters. The Morgan fingerprint density at radius 1 is 1.19 bits per heavy atom. The minimum Gasteiger partial charge on any atom is -0.478 e. The number of hydrogen-bond donors (Lipinski definition) is 2. The van der Waals surface area contributed by atoms with Crippen LogP contribution in [0.5, 0.6) is 0 Å². The van der Waals surface area contributed by atoms with Gasteiger partial charge in [0.2, 0.25) is 5.91 Å². The van der Waals surface area contributed by atoms with Crippen molar-refractivity contribution in [3.05, 3.63) is 47.7 Å². The molecule has 0 atom stereocenters. The number of aryl methyl sites for hydroxylation is 1. The van der Waals surface area contributed by atoms with Crippen molar-refractivity contribution < 1.29 is 14.7 Å². The number of nitrogens with zero attached hydrogens (tertiary/aromatic N) is 1. The molecule has 0 saturated heterocycles. The molecule has 108 valence electrons. The highest BCUT2D eigenvalue weighted by atomic mass is 32.2. The molecule has 5 nitrogen and oxygen atoms in total. The summed E-state index contributed by atoms with van der Waals surface area (Å²) in [6.45, 7) is 3.21. The zero-order valence-corrected chi connectivity index (χ0v) is 12.4. The summed E-state index contributed by atoms with van der Waals surface area (Å²) in [7, 11) is 0. The van der Waals surface area contributed by atoms with E-state index in [2.05, 4.69) is 10.3 Å². The summed E-state index contributed by atoms with van der Waals surface area (Å²) in [5.74, 6) is -1.09. The SMILES string of the molecule is CC(=O)Nc1ccc(Sc2cc(C(=O)O)cc(C)n2)cc1. The van der Waals surface area contributed by atoms with Crippen LogP contribution < -0.4 is 5.32 Å². The summed E-state index contributed by atoms with van der Waals surface area (Å²) in [6.07, 6.45) is 0. The fraction of sp³-hybridized carbons (Fsp3) is 0.133. The quantitative estimate of drug-likeness (QED) is 0.906. The van der Waals surface area contributed by atoms with Crippen LogP contribution in [0.25, 0.3) is 0 Å². The van der Waals surface area contributed by atoms with Gasteiger partial charge in [0.25, 0.3) is 0 Å². The van der Waals surface area contributed by atoms with Gasteiger partial charge in [-0.25, -0.2) is 9.78 Å². The molecule has 1 aromatic heterocycles. The number of benzene rings is 1. The second-order valence-electron chi connectivity index (χ2n) is 4.45. The highest BCUT2D eigenvalue weighted by molar-refractivity contribution is 7.99. The zero-order chi connectivity index (χ0) is 15.4. The van der Waals surface area contributed by atoms with Gasteiger partial charge in [-0.2, -0.15) is 0 Å². The third kappa shape index (κ3) is 4.32. The molecule has 2 aromatic rings. The number of aromatic nitrogens is 1. The van der Waals surface area contributed by atoms with Gasteiger partial charge in [-0.1, -0.05) is 11.8 Å². The van der Waals surface area contributed by atoms with Gasteiger partial charge < -0.3 is 10.4 Å². The van der Waals surface area contributed by atoms with Crippen molar-refractivity contribution >= 4 is 29.3 Å². The predicted octanol–water partition coefficient (Wildman–Crippen LogP) is 3.20. The van der Waals surface area contributed by atoms with Crippen molar-refractivity contribution in [2.24, 2.45) is 0 Å². The van der Waals surface area contributed by atoms with Crippen molar-refractivity contribution in [1.29, 1.82) is 0 Å². The van der Waals surface area contributed by atoms with Gasteiger partial charge >= 0.3 is 5.97 Å². The highest BCUT2D eigenvalue weighted by Gasteiger charge is 2.08. The summed E-state index contributed by atoms with van der Waals surface area (Å²) in [5.41, 5.74) is 1.60. The van der Waals surface area contributed by atoms with Crippen molar-refractivity contribution in [2.75, 3.05) is 5.32 Å². The molecule has 0 fully saturated rings. The Labute approximate surface area is 126 Å². The molecule has 0 spiro atoms. The number of rotatable bonds is 4. The van der Waals surface area contributed by atoms with Gasteiger partial charge in [-0.3, -0.25) is 4.79 Å². The first-order valence-electron chi connectivity index (χ1n) is 6.21. The van der Waals surface area contributed by atoms with Crippen LogP contribution in [-0.4, -0.2) is 22.0 Å². The maximum absolute atomic E-state index is 11.0. The fourth-order valence-corrected chi connectivity index (χ4v) is 2.63. The summed E-state index contributed by atoms with van der Waals surface area (Å²) < 4.78 is 0. The van der Waals surface area contributed by atoms with E-state index in [9.17, 15) is 9.59 Å². The number of aromatic carboxylic acids is 1. The van der Waals surface area contributed by atoms with Crippen LogP contribution in [0.3, 0.4) is 0 Å². The molecule has 0 bridgehead atoms. The van der Waals surface area contributed by atoms with Crippen molar-refractivity contribution in [3.63, 3.8) is 0 Å². The van der Waals surface area contributed by atoms with Crippen molar-refractivity contribution in [3.8, 4) is 0 Å². The van der Waals surface area contributed by atoms with E-state index in [0.29, 0.717) is 10.7 Å². The number of carbonyl (C=O) groups is 2. The highest BCUT2D eigenvalue weighted by Crippen LogP contribution is 2.28. The number of amides is 1. The second kappa shape index (κ2) is 6.41. The van der Waals surface area contributed by atoms with E-state index < -0.39 is 5.97 Å². The molecule has 2 N–H and O–H groups in total. The van der Waals surface area contributed by atoms with Crippen LogP contribution in [-0.2, 0) is 4.79 Å². The Hall–Kier alpha value is -2.34. The molecular formula is C15H14N2O3S. The van der Waals surface area contributed by atoms with Gasteiger partial charge in [0, 0.05) is 23.2 Å². The molecule has 21 heavy (non-hydrogen) atoms. The van der Waals surface area contributed by atoms with E-state index in [-0.39, 0.29) is 11.5 Å². The van der Waals surface area contributed by atoms with Crippen LogP contribution in [0.1, 0.15) is 23.0 Å². The molecule has 0 aliphatic heterocycles. The summed E-state index contributed by atoms with van der Waals surface area (Å²) in [6, 6.07) is 10.4. The first-order chi connectivity index (χ1) is 9.94. The standard InChI is InChI=1S/C15H14N2O3S/c1-9-7-11(15(19)20)8-14(16-9)21-13-5-3-12(4-6-13)17-10(2)18/h3-8H,1-2H3,(H,17,18)(H,19,20). The maximum Gasteiger partial charge on any atom is 0.335 e. The lowest BCUT2D eigenvalue weighted by molar-refractivity contribution is -0.114. The molecule has 2 rings (SSSR count).